The van der Waals surface area contributed by atoms with E-state index in [1.165, 1.54) is 12.1 Å². The van der Waals surface area contributed by atoms with E-state index in [9.17, 15) is 18.0 Å². The minimum atomic E-state index is -4.39. The van der Waals surface area contributed by atoms with E-state index < -0.39 is 18.6 Å². The minimum Gasteiger partial charge on any atom is -0.388 e. The van der Waals surface area contributed by atoms with Crippen molar-refractivity contribution in [3.05, 3.63) is 29.8 Å². The standard InChI is InChI=1S/C10H11F3N2O/c1-14-8-4-2-7(3-5-8)9(16)15-6-10(11,12)13/h2-5,14H,6H2,1H3,(H,15,16). The normalized spacial score (nSPS) is 11.0. The molecule has 0 heterocycles. The van der Waals surface area contributed by atoms with E-state index in [-0.39, 0.29) is 5.56 Å². The molecule has 0 aromatic heterocycles. The van der Waals surface area contributed by atoms with Gasteiger partial charge in [0.2, 0.25) is 0 Å². The summed E-state index contributed by atoms with van der Waals surface area (Å²) in [6.45, 7) is -1.32. The van der Waals surface area contributed by atoms with Gasteiger partial charge in [0.25, 0.3) is 5.91 Å². The van der Waals surface area contributed by atoms with Crippen LogP contribution in [-0.2, 0) is 0 Å². The molecule has 0 bridgehead atoms. The molecule has 0 radical (unpaired) electrons. The van der Waals surface area contributed by atoms with Gasteiger partial charge in [-0.25, -0.2) is 0 Å². The summed E-state index contributed by atoms with van der Waals surface area (Å²) in [6.07, 6.45) is -4.39. The van der Waals surface area contributed by atoms with Crippen LogP contribution in [-0.4, -0.2) is 25.7 Å². The first-order valence-corrected chi connectivity index (χ1v) is 4.55. The first-order valence-electron chi connectivity index (χ1n) is 4.55. The fourth-order valence-electron chi connectivity index (χ4n) is 1.07. The second-order valence-electron chi connectivity index (χ2n) is 3.13. The van der Waals surface area contributed by atoms with Crippen LogP contribution < -0.4 is 10.6 Å². The monoisotopic (exact) mass is 232 g/mol. The predicted molar refractivity (Wildman–Crippen MR) is 54.4 cm³/mol. The lowest BCUT2D eigenvalue weighted by Gasteiger charge is -2.08. The number of alkyl halides is 3. The van der Waals surface area contributed by atoms with Crippen molar-refractivity contribution in [1.29, 1.82) is 0 Å². The highest BCUT2D eigenvalue weighted by Gasteiger charge is 2.27. The topological polar surface area (TPSA) is 41.1 Å². The highest BCUT2D eigenvalue weighted by molar-refractivity contribution is 5.94. The Morgan fingerprint density at radius 1 is 1.25 bits per heavy atom. The summed E-state index contributed by atoms with van der Waals surface area (Å²) in [5.41, 5.74) is 0.982. The Hall–Kier alpha value is -1.72. The Balaban J connectivity index is 2.59. The molecule has 0 saturated heterocycles. The van der Waals surface area contributed by atoms with Crippen molar-refractivity contribution in [3.63, 3.8) is 0 Å². The fourth-order valence-corrected chi connectivity index (χ4v) is 1.07. The van der Waals surface area contributed by atoms with E-state index in [0.717, 1.165) is 5.69 Å². The molecule has 1 aromatic carbocycles. The Labute approximate surface area is 90.6 Å². The lowest BCUT2D eigenvalue weighted by molar-refractivity contribution is -0.123. The van der Waals surface area contributed by atoms with Gasteiger partial charge in [-0.3, -0.25) is 4.79 Å². The first-order chi connectivity index (χ1) is 7.42. The smallest absolute Gasteiger partial charge is 0.388 e. The van der Waals surface area contributed by atoms with Gasteiger partial charge in [0, 0.05) is 18.3 Å². The van der Waals surface area contributed by atoms with Crippen LogP contribution in [0.5, 0.6) is 0 Å². The molecule has 0 atom stereocenters. The average Bonchev–Trinajstić information content (AvgIpc) is 2.25. The molecule has 0 aliphatic heterocycles. The van der Waals surface area contributed by atoms with E-state index in [1.807, 2.05) is 0 Å². The van der Waals surface area contributed by atoms with E-state index in [4.69, 9.17) is 0 Å². The Morgan fingerprint density at radius 2 is 1.81 bits per heavy atom. The third-order valence-electron chi connectivity index (χ3n) is 1.89. The van der Waals surface area contributed by atoms with E-state index in [0.29, 0.717) is 0 Å². The van der Waals surface area contributed by atoms with Gasteiger partial charge in [0.05, 0.1) is 0 Å². The van der Waals surface area contributed by atoms with Crippen molar-refractivity contribution >= 4 is 11.6 Å². The molecule has 0 saturated carbocycles. The number of amides is 1. The largest absolute Gasteiger partial charge is 0.405 e. The summed E-state index contributed by atoms with van der Waals surface area (Å²) < 4.78 is 35.5. The van der Waals surface area contributed by atoms with Crippen LogP contribution in [0.1, 0.15) is 10.4 Å². The molecule has 16 heavy (non-hydrogen) atoms. The van der Waals surface area contributed by atoms with E-state index >= 15 is 0 Å². The molecule has 0 aliphatic carbocycles. The quantitative estimate of drug-likeness (QED) is 0.837. The predicted octanol–water partition coefficient (Wildman–Crippen LogP) is 2.02. The zero-order valence-corrected chi connectivity index (χ0v) is 8.56. The molecule has 0 aliphatic rings. The second-order valence-corrected chi connectivity index (χ2v) is 3.13. The molecule has 3 nitrogen and oxygen atoms in total. The number of halogens is 3. The summed E-state index contributed by atoms with van der Waals surface area (Å²) in [5.74, 6) is -0.736. The van der Waals surface area contributed by atoms with Crippen molar-refractivity contribution in [3.8, 4) is 0 Å². The average molecular weight is 232 g/mol. The number of rotatable bonds is 3. The lowest BCUT2D eigenvalue weighted by Crippen LogP contribution is -2.33. The molecule has 0 unspecified atom stereocenters. The van der Waals surface area contributed by atoms with Gasteiger partial charge in [-0.15, -0.1) is 0 Å². The summed E-state index contributed by atoms with van der Waals surface area (Å²) in [5, 5.41) is 4.63. The summed E-state index contributed by atoms with van der Waals surface area (Å²) >= 11 is 0. The zero-order chi connectivity index (χ0) is 12.2. The van der Waals surface area contributed by atoms with Gasteiger partial charge < -0.3 is 10.6 Å². The molecule has 0 fully saturated rings. The van der Waals surface area contributed by atoms with Gasteiger partial charge in [-0.05, 0) is 24.3 Å². The summed E-state index contributed by atoms with van der Waals surface area (Å²) in [4.78, 5) is 11.3. The number of nitrogens with one attached hydrogen (secondary N) is 2. The maximum Gasteiger partial charge on any atom is 0.405 e. The summed E-state index contributed by atoms with van der Waals surface area (Å²) in [7, 11) is 1.71. The molecule has 1 amide bonds. The zero-order valence-electron chi connectivity index (χ0n) is 8.56. The van der Waals surface area contributed by atoms with E-state index in [1.54, 1.807) is 24.5 Å². The Morgan fingerprint density at radius 3 is 2.25 bits per heavy atom. The van der Waals surface area contributed by atoms with Crippen molar-refractivity contribution in [2.45, 2.75) is 6.18 Å². The van der Waals surface area contributed by atoms with Gasteiger partial charge >= 0.3 is 6.18 Å². The van der Waals surface area contributed by atoms with Crippen molar-refractivity contribution in [2.24, 2.45) is 0 Å². The minimum absolute atomic E-state index is 0.197. The van der Waals surface area contributed by atoms with Crippen LogP contribution in [0.15, 0.2) is 24.3 Å². The molecule has 2 N–H and O–H groups in total. The molecule has 1 rings (SSSR count). The SMILES string of the molecule is CNc1ccc(C(=O)NCC(F)(F)F)cc1. The number of hydrogen-bond donors (Lipinski definition) is 2. The molecular formula is C10H11F3N2O. The second kappa shape index (κ2) is 4.87. The van der Waals surface area contributed by atoms with Crippen LogP contribution in [0.4, 0.5) is 18.9 Å². The van der Waals surface area contributed by atoms with Crippen LogP contribution in [0.3, 0.4) is 0 Å². The van der Waals surface area contributed by atoms with Crippen LogP contribution in [0.25, 0.3) is 0 Å². The molecule has 1 aromatic rings. The van der Waals surface area contributed by atoms with Gasteiger partial charge in [-0.1, -0.05) is 0 Å². The highest BCUT2D eigenvalue weighted by Crippen LogP contribution is 2.13. The molecule has 6 heteroatoms. The molecule has 88 valence electrons. The lowest BCUT2D eigenvalue weighted by atomic mass is 10.2. The van der Waals surface area contributed by atoms with Gasteiger partial charge in [-0.2, -0.15) is 13.2 Å². The van der Waals surface area contributed by atoms with Crippen molar-refractivity contribution in [2.75, 3.05) is 18.9 Å². The molecule has 0 spiro atoms. The maximum atomic E-state index is 11.8. The van der Waals surface area contributed by atoms with E-state index in [2.05, 4.69) is 5.32 Å². The van der Waals surface area contributed by atoms with Gasteiger partial charge in [0.1, 0.15) is 6.54 Å². The highest BCUT2D eigenvalue weighted by atomic mass is 19.4. The van der Waals surface area contributed by atoms with Gasteiger partial charge in [0.15, 0.2) is 0 Å². The third-order valence-corrected chi connectivity index (χ3v) is 1.89. The van der Waals surface area contributed by atoms with Crippen LogP contribution >= 0.6 is 0 Å². The van der Waals surface area contributed by atoms with Crippen molar-refractivity contribution in [1.82, 2.24) is 5.32 Å². The Kier molecular flexibility index (Phi) is 3.76. The Bertz CT molecular complexity index is 359. The number of anilines is 1. The number of benzene rings is 1. The van der Waals surface area contributed by atoms with Crippen molar-refractivity contribution < 1.29 is 18.0 Å². The number of carbonyl (C=O) groups is 1. The number of carbonyl (C=O) groups excluding carboxylic acids is 1. The summed E-state index contributed by atoms with van der Waals surface area (Å²) in [6, 6.07) is 6.14. The maximum absolute atomic E-state index is 11.8. The van der Waals surface area contributed by atoms with Crippen LogP contribution in [0.2, 0.25) is 0 Å². The number of hydrogen-bond acceptors (Lipinski definition) is 2. The molecular weight excluding hydrogens is 221 g/mol. The first kappa shape index (κ1) is 12.4. The third kappa shape index (κ3) is 3.80. The fraction of sp³-hybridized carbons (Fsp3) is 0.300. The van der Waals surface area contributed by atoms with Crippen LogP contribution in [0, 0.1) is 0 Å².